The van der Waals surface area contributed by atoms with Crippen LogP contribution in [0.2, 0.25) is 0 Å². The van der Waals surface area contributed by atoms with Gasteiger partial charge in [-0.25, -0.2) is 0 Å². The highest BCUT2D eigenvalue weighted by molar-refractivity contribution is 7.80. The average molecular weight is 969 g/mol. The van der Waals surface area contributed by atoms with Gasteiger partial charge in [-0.2, -0.15) is 0 Å². The highest BCUT2D eigenvalue weighted by atomic mass is 32.1. The van der Waals surface area contributed by atoms with Crippen molar-refractivity contribution in [1.29, 1.82) is 0 Å². The van der Waals surface area contributed by atoms with Crippen molar-refractivity contribution in [1.82, 2.24) is 24.9 Å². The molecule has 0 aromatic heterocycles. The molecule has 5 aliphatic rings. The molecule has 0 radical (unpaired) electrons. The van der Waals surface area contributed by atoms with E-state index in [1.165, 1.54) is 16.7 Å². The number of hydrogen-bond donors (Lipinski definition) is 7. The minimum atomic E-state index is -1.09. The predicted molar refractivity (Wildman–Crippen MR) is 266 cm³/mol. The van der Waals surface area contributed by atoms with Crippen LogP contribution >= 0.6 is 12.2 Å². The van der Waals surface area contributed by atoms with E-state index in [4.69, 9.17) is 12.2 Å². The van der Waals surface area contributed by atoms with Crippen LogP contribution in [-0.2, 0) is 24.0 Å². The molecule has 6 atom stereocenters. The van der Waals surface area contributed by atoms with Gasteiger partial charge in [-0.3, -0.25) is 43.6 Å². The van der Waals surface area contributed by atoms with Gasteiger partial charge in [0.2, 0.25) is 0 Å². The van der Waals surface area contributed by atoms with Crippen LogP contribution in [-0.4, -0.2) is 164 Å². The fourth-order valence-corrected chi connectivity index (χ4v) is 12.3. The number of benzene rings is 2. The van der Waals surface area contributed by atoms with Crippen molar-refractivity contribution < 1.29 is 49.5 Å². The summed E-state index contributed by atoms with van der Waals surface area (Å²) in [6.45, 7) is 2.86. The third-order valence-electron chi connectivity index (χ3n) is 15.4. The Morgan fingerprint density at radius 3 is 2.06 bits per heavy atom. The third kappa shape index (κ3) is 13.1. The lowest BCUT2D eigenvalue weighted by Gasteiger charge is -2.54. The molecule has 0 spiro atoms. The second-order valence-corrected chi connectivity index (χ2v) is 20.2. The number of rotatable bonds is 16. The molecule has 17 heteroatoms. The molecular formula is C52H68N6O10S. The zero-order valence-electron chi connectivity index (χ0n) is 39.6. The second-order valence-electron chi connectivity index (χ2n) is 19.8. The number of ketones is 1. The summed E-state index contributed by atoms with van der Waals surface area (Å²) in [5, 5.41) is 58.7. The van der Waals surface area contributed by atoms with Crippen molar-refractivity contribution in [3.63, 3.8) is 0 Å². The number of carboxylic acid groups (broad SMARTS) is 4. The number of nitrogens with zero attached hydrogens (tertiary/aromatic N) is 4. The van der Waals surface area contributed by atoms with Crippen LogP contribution < -0.4 is 10.6 Å². The predicted octanol–water partition coefficient (Wildman–Crippen LogP) is 5.23. The first-order valence-electron chi connectivity index (χ1n) is 24.4. The van der Waals surface area contributed by atoms with E-state index in [9.17, 15) is 49.5 Å². The maximum Gasteiger partial charge on any atom is 0.317 e. The number of anilines is 1. The molecule has 0 bridgehead atoms. The highest BCUT2D eigenvalue weighted by Crippen LogP contribution is 2.66. The summed E-state index contributed by atoms with van der Waals surface area (Å²) in [7, 11) is 0. The van der Waals surface area contributed by atoms with Gasteiger partial charge >= 0.3 is 23.9 Å². The number of carbonyl (C=O) groups is 5. The number of carboxylic acids is 4. The molecular weight excluding hydrogens is 901 g/mol. The molecule has 7 N–H and O–H groups in total. The van der Waals surface area contributed by atoms with Crippen LogP contribution in [0.3, 0.4) is 0 Å². The van der Waals surface area contributed by atoms with E-state index in [2.05, 4.69) is 41.8 Å². The monoisotopic (exact) mass is 968 g/mol. The van der Waals surface area contributed by atoms with Gasteiger partial charge in [0.15, 0.2) is 10.9 Å². The summed E-state index contributed by atoms with van der Waals surface area (Å²) in [5.41, 5.74) is 5.34. The van der Waals surface area contributed by atoms with Crippen LogP contribution in [0.1, 0.15) is 81.9 Å². The van der Waals surface area contributed by atoms with Crippen molar-refractivity contribution >= 4 is 58.8 Å². The molecule has 0 amide bonds. The molecule has 1 aliphatic heterocycles. The topological polar surface area (TPSA) is 224 Å². The minimum absolute atomic E-state index is 0.117. The van der Waals surface area contributed by atoms with E-state index in [1.807, 2.05) is 48.5 Å². The van der Waals surface area contributed by atoms with Crippen molar-refractivity contribution in [2.24, 2.45) is 23.2 Å². The normalized spacial score (nSPS) is 27.6. The van der Waals surface area contributed by atoms with E-state index in [-0.39, 0.29) is 89.1 Å². The van der Waals surface area contributed by atoms with Gasteiger partial charge in [-0.05, 0) is 122 Å². The Bertz CT molecular complexity index is 2310. The van der Waals surface area contributed by atoms with Gasteiger partial charge in [-0.15, -0.1) is 0 Å². The number of aliphatic hydroxyl groups is 1. The molecule has 16 nitrogen and oxygen atoms in total. The largest absolute Gasteiger partial charge is 0.480 e. The van der Waals surface area contributed by atoms with E-state index in [0.717, 1.165) is 56.9 Å². The second kappa shape index (κ2) is 23.1. The molecule has 1 heterocycles. The van der Waals surface area contributed by atoms with Crippen LogP contribution in [0.25, 0.3) is 6.08 Å². The Balaban J connectivity index is 1.03. The van der Waals surface area contributed by atoms with Gasteiger partial charge in [-0.1, -0.05) is 67.1 Å². The van der Waals surface area contributed by atoms with Crippen LogP contribution in [0.4, 0.5) is 5.69 Å². The van der Waals surface area contributed by atoms with Gasteiger partial charge in [0.1, 0.15) is 0 Å². The lowest BCUT2D eigenvalue weighted by molar-refractivity contribution is -0.142. The number of hydrogen-bond acceptors (Lipinski definition) is 11. The Hall–Kier alpha value is -5.30. The van der Waals surface area contributed by atoms with Crippen LogP contribution in [0.15, 0.2) is 83.5 Å². The molecule has 1 saturated heterocycles. The number of thiocarbonyl (C=S) groups is 1. The fraction of sp³-hybridized carbons (Fsp3) is 0.538. The quantitative estimate of drug-likeness (QED) is 0.0845. The SMILES string of the molecule is C[C@]12CC(CCCNC(=S)Nc3ccc(C4CN(CC(=O)O)CCN(CC(=O)O)CCN(CC(=O)O)CCN4CC(=O)O)cc3)C3=C4CCC(=O)C=C4CCC3C1CC[C@@]2(O)/C=C/c1ccccc1. The third-order valence-corrected chi connectivity index (χ3v) is 15.7. The Morgan fingerprint density at radius 1 is 0.783 bits per heavy atom. The summed E-state index contributed by atoms with van der Waals surface area (Å²) < 4.78 is 0. The Labute approximate surface area is 409 Å². The first kappa shape index (κ1) is 51.5. The molecule has 2 aromatic rings. The van der Waals surface area contributed by atoms with Crippen LogP contribution in [0.5, 0.6) is 0 Å². The zero-order chi connectivity index (χ0) is 49.3. The summed E-state index contributed by atoms with van der Waals surface area (Å²) in [5.74, 6) is -3.11. The number of nitrogens with one attached hydrogen (secondary N) is 2. The Morgan fingerprint density at radius 2 is 1.41 bits per heavy atom. The van der Waals surface area contributed by atoms with Crippen molar-refractivity contribution in [3.8, 4) is 0 Å². The summed E-state index contributed by atoms with van der Waals surface area (Å²) >= 11 is 5.77. The molecule has 2 aromatic carbocycles. The number of fused-ring (bicyclic) bond motifs is 4. The average Bonchev–Trinajstić information content (AvgIpc) is 3.56. The fourth-order valence-electron chi connectivity index (χ4n) is 12.1. The van der Waals surface area contributed by atoms with Crippen LogP contribution in [0, 0.1) is 23.2 Å². The molecule has 7 rings (SSSR count). The molecule has 2 saturated carbocycles. The van der Waals surface area contributed by atoms with Gasteiger partial charge in [0.25, 0.3) is 0 Å². The van der Waals surface area contributed by atoms with E-state index in [0.29, 0.717) is 41.2 Å². The maximum atomic E-state index is 12.6. The van der Waals surface area contributed by atoms with Gasteiger partial charge in [0, 0.05) is 75.9 Å². The van der Waals surface area contributed by atoms with Crippen molar-refractivity contribution in [2.45, 2.75) is 76.4 Å². The Kier molecular flexibility index (Phi) is 17.2. The van der Waals surface area contributed by atoms with Crippen molar-refractivity contribution in [3.05, 3.63) is 94.6 Å². The first-order valence-corrected chi connectivity index (χ1v) is 24.8. The lowest BCUT2D eigenvalue weighted by Crippen LogP contribution is -2.51. The van der Waals surface area contributed by atoms with Gasteiger partial charge in [0.05, 0.1) is 31.8 Å². The van der Waals surface area contributed by atoms with E-state index < -0.39 is 35.5 Å². The lowest BCUT2D eigenvalue weighted by atomic mass is 9.51. The maximum absolute atomic E-state index is 12.6. The van der Waals surface area contributed by atoms with E-state index in [1.54, 1.807) is 19.6 Å². The first-order chi connectivity index (χ1) is 33.0. The smallest absolute Gasteiger partial charge is 0.317 e. The molecule has 372 valence electrons. The molecule has 4 aliphatic carbocycles. The molecule has 69 heavy (non-hydrogen) atoms. The van der Waals surface area contributed by atoms with E-state index >= 15 is 0 Å². The zero-order valence-corrected chi connectivity index (χ0v) is 40.4. The van der Waals surface area contributed by atoms with Crippen molar-refractivity contribution in [2.75, 3.05) is 83.9 Å². The number of aliphatic carboxylic acids is 4. The van der Waals surface area contributed by atoms with Gasteiger partial charge < -0.3 is 36.2 Å². The molecule has 3 fully saturated rings. The number of allylic oxidation sites excluding steroid dienone is 4. The molecule has 4 unspecified atom stereocenters. The highest BCUT2D eigenvalue weighted by Gasteiger charge is 2.61. The summed E-state index contributed by atoms with van der Waals surface area (Å²) in [4.78, 5) is 67.1. The number of carbonyl (C=O) groups excluding carboxylic acids is 1. The standard InChI is InChI=1S/C52H68N6O10S/c1-51-29-38(49-41-16-14-40(59)28-37(41)11-15-42(49)43(51)18-20-52(51,68)19-17-35-6-3-2-4-7-35)8-5-21-53-50(69)54-39-12-9-36(10-13-39)44-30-57(33-47(64)65)25-24-55(31-45(60)61)22-23-56(32-46(62)63)26-27-58(44)34-48(66)67/h2-4,6-7,9-10,12-13,17,19,28,38,42-44,68H,5,8,11,14-16,18,20-27,29-34H2,1H3,(H,60,61)(H,62,63)(H,64,65)(H,66,67)(H2,53,54,69)/b19-17+/t38?,42?,43?,44?,51-,52-/m0/s1. The minimum Gasteiger partial charge on any atom is -0.480 e. The summed E-state index contributed by atoms with van der Waals surface area (Å²) in [6, 6.07) is 16.9. The summed E-state index contributed by atoms with van der Waals surface area (Å²) in [6.07, 6.45) is 13.5.